The number of aryl methyl sites for hydroxylation is 2. The van der Waals surface area contributed by atoms with Crippen LogP contribution in [0.25, 0.3) is 0 Å². The van der Waals surface area contributed by atoms with E-state index in [0.717, 1.165) is 36.5 Å². The summed E-state index contributed by atoms with van der Waals surface area (Å²) in [5, 5.41) is 10.5. The summed E-state index contributed by atoms with van der Waals surface area (Å²) in [5.74, 6) is 0.169. The zero-order valence-corrected chi connectivity index (χ0v) is 11.6. The van der Waals surface area contributed by atoms with E-state index in [2.05, 4.69) is 29.4 Å². The van der Waals surface area contributed by atoms with Crippen LogP contribution in [-0.4, -0.2) is 34.7 Å². The Balaban J connectivity index is 2.21. The fraction of sp³-hybridized carbons (Fsp3) is 0.692. The minimum absolute atomic E-state index is 0.0625. The highest BCUT2D eigenvalue weighted by Crippen LogP contribution is 2.26. The van der Waals surface area contributed by atoms with Gasteiger partial charge in [0.2, 0.25) is 5.91 Å². The van der Waals surface area contributed by atoms with Crippen LogP contribution in [0.15, 0.2) is 0 Å². The normalized spacial score (nSPS) is 20.8. The second kappa shape index (κ2) is 5.10. The summed E-state index contributed by atoms with van der Waals surface area (Å²) in [4.78, 5) is 14.4. The molecular formula is C13H22N4O. The molecule has 1 unspecified atom stereocenters. The van der Waals surface area contributed by atoms with Crippen LogP contribution in [-0.2, 0) is 4.79 Å². The van der Waals surface area contributed by atoms with Crippen molar-refractivity contribution in [2.24, 2.45) is 0 Å². The molecule has 1 amide bonds. The van der Waals surface area contributed by atoms with Gasteiger partial charge in [0.15, 0.2) is 0 Å². The molecule has 0 aliphatic carbocycles. The molecule has 100 valence electrons. The average Bonchev–Trinajstić information content (AvgIpc) is 2.62. The van der Waals surface area contributed by atoms with E-state index in [1.165, 1.54) is 0 Å². The molecule has 1 aliphatic rings. The molecule has 1 atom stereocenters. The fourth-order valence-corrected chi connectivity index (χ4v) is 2.60. The number of aromatic amines is 1. The maximum atomic E-state index is 12.5. The van der Waals surface area contributed by atoms with Crippen LogP contribution in [0.5, 0.6) is 0 Å². The summed E-state index contributed by atoms with van der Waals surface area (Å²) in [5.41, 5.74) is 2.81. The van der Waals surface area contributed by atoms with Crippen LogP contribution in [0.2, 0.25) is 0 Å². The van der Waals surface area contributed by atoms with Gasteiger partial charge in [-0.2, -0.15) is 5.10 Å². The largest absolute Gasteiger partial charge is 0.308 e. The van der Waals surface area contributed by atoms with Gasteiger partial charge in [-0.1, -0.05) is 13.8 Å². The Morgan fingerprint density at radius 1 is 1.44 bits per heavy atom. The van der Waals surface area contributed by atoms with Crippen molar-refractivity contribution in [3.63, 3.8) is 0 Å². The third kappa shape index (κ3) is 2.41. The molecule has 0 aromatic carbocycles. The fourth-order valence-electron chi connectivity index (χ4n) is 2.60. The first-order valence-electron chi connectivity index (χ1n) is 6.59. The summed E-state index contributed by atoms with van der Waals surface area (Å²) in [6.07, 6.45) is 1.95. The Morgan fingerprint density at radius 3 is 2.72 bits per heavy atom. The van der Waals surface area contributed by atoms with E-state index in [1.807, 2.05) is 18.7 Å². The Hall–Kier alpha value is -1.36. The van der Waals surface area contributed by atoms with Crippen LogP contribution < -0.4 is 10.2 Å². The number of carbonyl (C=O) groups is 1. The zero-order chi connectivity index (χ0) is 13.3. The van der Waals surface area contributed by atoms with Crippen molar-refractivity contribution in [2.45, 2.75) is 52.6 Å². The van der Waals surface area contributed by atoms with Crippen molar-refractivity contribution in [3.05, 3.63) is 11.4 Å². The third-order valence-electron chi connectivity index (χ3n) is 3.33. The summed E-state index contributed by atoms with van der Waals surface area (Å²) >= 11 is 0. The van der Waals surface area contributed by atoms with E-state index in [4.69, 9.17) is 0 Å². The van der Waals surface area contributed by atoms with Crippen LogP contribution in [0, 0.1) is 13.8 Å². The molecule has 2 heterocycles. The highest BCUT2D eigenvalue weighted by atomic mass is 16.2. The van der Waals surface area contributed by atoms with Crippen molar-refractivity contribution in [1.29, 1.82) is 0 Å². The van der Waals surface area contributed by atoms with Gasteiger partial charge in [0.1, 0.15) is 0 Å². The first kappa shape index (κ1) is 13.1. The molecule has 1 aliphatic heterocycles. The standard InChI is InChI=1S/C13H22N4O/c1-8(2)14-11-6-5-7-17(13(11)18)12-9(3)15-16-10(12)4/h8,11,14H,5-7H2,1-4H3,(H,15,16). The van der Waals surface area contributed by atoms with Gasteiger partial charge < -0.3 is 10.2 Å². The molecule has 0 saturated carbocycles. The van der Waals surface area contributed by atoms with Crippen molar-refractivity contribution in [3.8, 4) is 0 Å². The number of nitrogens with zero attached hydrogens (tertiary/aromatic N) is 2. The van der Waals surface area contributed by atoms with Gasteiger partial charge in [0.25, 0.3) is 0 Å². The van der Waals surface area contributed by atoms with Gasteiger partial charge in [0.05, 0.1) is 23.1 Å². The quantitative estimate of drug-likeness (QED) is 0.855. The smallest absolute Gasteiger partial charge is 0.244 e. The van der Waals surface area contributed by atoms with Crippen molar-refractivity contribution < 1.29 is 4.79 Å². The SMILES string of the molecule is Cc1n[nH]c(C)c1N1CCCC(NC(C)C)C1=O. The number of nitrogens with one attached hydrogen (secondary N) is 2. The summed E-state index contributed by atoms with van der Waals surface area (Å²) in [6, 6.07) is 0.262. The number of amides is 1. The molecule has 5 nitrogen and oxygen atoms in total. The maximum absolute atomic E-state index is 12.5. The number of hydrogen-bond donors (Lipinski definition) is 2. The van der Waals surface area contributed by atoms with Gasteiger partial charge in [-0.05, 0) is 26.7 Å². The van der Waals surface area contributed by atoms with E-state index < -0.39 is 0 Å². The lowest BCUT2D eigenvalue weighted by Gasteiger charge is -2.33. The lowest BCUT2D eigenvalue weighted by atomic mass is 10.0. The average molecular weight is 250 g/mol. The summed E-state index contributed by atoms with van der Waals surface area (Å²) in [7, 11) is 0. The van der Waals surface area contributed by atoms with Crippen LogP contribution in [0.1, 0.15) is 38.1 Å². The van der Waals surface area contributed by atoms with Crippen LogP contribution in [0.4, 0.5) is 5.69 Å². The van der Waals surface area contributed by atoms with E-state index in [1.54, 1.807) is 0 Å². The summed E-state index contributed by atoms with van der Waals surface area (Å²) < 4.78 is 0. The van der Waals surface area contributed by atoms with Gasteiger partial charge >= 0.3 is 0 Å². The highest BCUT2D eigenvalue weighted by molar-refractivity contribution is 5.98. The van der Waals surface area contributed by atoms with Gasteiger partial charge in [0, 0.05) is 12.6 Å². The van der Waals surface area contributed by atoms with E-state index >= 15 is 0 Å². The molecule has 5 heteroatoms. The Kier molecular flexibility index (Phi) is 3.71. The number of anilines is 1. The Bertz CT molecular complexity index is 419. The highest BCUT2D eigenvalue weighted by Gasteiger charge is 2.31. The first-order chi connectivity index (χ1) is 8.50. The number of piperidine rings is 1. The predicted molar refractivity (Wildman–Crippen MR) is 71.7 cm³/mol. The molecule has 0 spiro atoms. The first-order valence-corrected chi connectivity index (χ1v) is 6.59. The predicted octanol–water partition coefficient (Wildman–Crippen LogP) is 1.52. The van der Waals surface area contributed by atoms with Crippen LogP contribution >= 0.6 is 0 Å². The van der Waals surface area contributed by atoms with Crippen molar-refractivity contribution in [2.75, 3.05) is 11.4 Å². The minimum atomic E-state index is -0.0625. The number of H-pyrrole nitrogens is 1. The molecule has 1 saturated heterocycles. The van der Waals surface area contributed by atoms with E-state index in [9.17, 15) is 4.79 Å². The number of carbonyl (C=O) groups excluding carboxylic acids is 1. The molecule has 1 fully saturated rings. The minimum Gasteiger partial charge on any atom is -0.308 e. The van der Waals surface area contributed by atoms with Gasteiger partial charge in [-0.15, -0.1) is 0 Å². The molecule has 1 aromatic heterocycles. The molecule has 0 radical (unpaired) electrons. The molecule has 1 aromatic rings. The number of rotatable bonds is 3. The van der Waals surface area contributed by atoms with Crippen LogP contribution in [0.3, 0.4) is 0 Å². The second-order valence-electron chi connectivity index (χ2n) is 5.29. The molecule has 2 rings (SSSR count). The lowest BCUT2D eigenvalue weighted by molar-refractivity contribution is -0.122. The second-order valence-corrected chi connectivity index (χ2v) is 5.29. The third-order valence-corrected chi connectivity index (χ3v) is 3.33. The van der Waals surface area contributed by atoms with Gasteiger partial charge in [-0.25, -0.2) is 0 Å². The molecule has 18 heavy (non-hydrogen) atoms. The molecular weight excluding hydrogens is 228 g/mol. The Morgan fingerprint density at radius 2 is 2.17 bits per heavy atom. The van der Waals surface area contributed by atoms with E-state index in [0.29, 0.717) is 6.04 Å². The zero-order valence-electron chi connectivity index (χ0n) is 11.6. The monoisotopic (exact) mass is 250 g/mol. The lowest BCUT2D eigenvalue weighted by Crippen LogP contribution is -2.52. The summed E-state index contributed by atoms with van der Waals surface area (Å²) in [6.45, 7) is 8.82. The number of hydrogen-bond acceptors (Lipinski definition) is 3. The molecule has 0 bridgehead atoms. The maximum Gasteiger partial charge on any atom is 0.244 e. The Labute approximate surface area is 108 Å². The number of aromatic nitrogens is 2. The van der Waals surface area contributed by atoms with E-state index in [-0.39, 0.29) is 11.9 Å². The molecule has 2 N–H and O–H groups in total. The topological polar surface area (TPSA) is 61.0 Å². The van der Waals surface area contributed by atoms with Crippen molar-refractivity contribution in [1.82, 2.24) is 15.5 Å². The van der Waals surface area contributed by atoms with Gasteiger partial charge in [-0.3, -0.25) is 9.89 Å². The van der Waals surface area contributed by atoms with Crippen molar-refractivity contribution >= 4 is 11.6 Å².